The fraction of sp³-hybridized carbons (Fsp3) is 0.524. The van der Waals surface area contributed by atoms with Crippen LogP contribution in [0, 0.1) is 0 Å². The Kier molecular flexibility index (Phi) is 6.04. The topological polar surface area (TPSA) is 61.6 Å². The monoisotopic (exact) mass is 370 g/mol. The minimum Gasteiger partial charge on any atom is -0.340 e. The molecule has 27 heavy (non-hydrogen) atoms. The first-order valence-electron chi connectivity index (χ1n) is 9.83. The average Bonchev–Trinajstić information content (AvgIpc) is 3.28. The van der Waals surface area contributed by atoms with Crippen LogP contribution in [0.2, 0.25) is 0 Å². The maximum absolute atomic E-state index is 12.8. The number of aromatic nitrogens is 1. The van der Waals surface area contributed by atoms with E-state index in [1.54, 1.807) is 0 Å². The summed E-state index contributed by atoms with van der Waals surface area (Å²) in [6.07, 6.45) is 2.31. The largest absolute Gasteiger partial charge is 0.340 e. The normalized spacial score (nSPS) is 14.2. The van der Waals surface area contributed by atoms with Crippen LogP contribution in [-0.4, -0.2) is 41.3 Å². The molecular weight excluding hydrogens is 340 g/mol. The average molecular weight is 370 g/mol. The Morgan fingerprint density at radius 2 is 1.85 bits per heavy atom. The number of hydrogen-bond acceptors (Lipinski definition) is 4. The summed E-state index contributed by atoms with van der Waals surface area (Å²) in [7, 11) is 0. The van der Waals surface area contributed by atoms with Gasteiger partial charge in [-0.1, -0.05) is 35.5 Å². The summed E-state index contributed by atoms with van der Waals surface area (Å²) < 4.78 is 5.79. The Labute approximate surface area is 161 Å². The first-order valence-corrected chi connectivity index (χ1v) is 9.83. The molecule has 1 aromatic heterocycles. The molecule has 2 heterocycles. The predicted molar refractivity (Wildman–Crippen MR) is 108 cm³/mol. The molecule has 0 unspecified atom stereocenters. The molecule has 0 bridgehead atoms. The van der Waals surface area contributed by atoms with E-state index in [1.807, 2.05) is 62.9 Å². The molecule has 1 aromatic carbocycles. The lowest BCUT2D eigenvalue weighted by molar-refractivity contribution is 0.177. The lowest BCUT2D eigenvalue weighted by atomic mass is 10.1. The highest BCUT2D eigenvalue weighted by Crippen LogP contribution is 2.34. The van der Waals surface area contributed by atoms with Crippen LogP contribution in [0.3, 0.4) is 0 Å². The Morgan fingerprint density at radius 1 is 1.19 bits per heavy atom. The van der Waals surface area contributed by atoms with Crippen LogP contribution in [0.5, 0.6) is 0 Å². The molecule has 2 aromatic rings. The van der Waals surface area contributed by atoms with Crippen LogP contribution in [-0.2, 0) is 6.54 Å². The van der Waals surface area contributed by atoms with Crippen molar-refractivity contribution in [3.63, 3.8) is 0 Å². The van der Waals surface area contributed by atoms with E-state index < -0.39 is 0 Å². The minimum absolute atomic E-state index is 0.0624. The second-order valence-electron chi connectivity index (χ2n) is 7.70. The molecule has 6 heteroatoms. The van der Waals surface area contributed by atoms with Gasteiger partial charge in [0.2, 0.25) is 5.88 Å². The number of hydrogen-bond donors (Lipinski definition) is 1. The van der Waals surface area contributed by atoms with Gasteiger partial charge in [0.05, 0.1) is 12.1 Å². The van der Waals surface area contributed by atoms with E-state index in [2.05, 4.69) is 15.4 Å². The van der Waals surface area contributed by atoms with Crippen molar-refractivity contribution in [2.75, 3.05) is 18.0 Å². The molecule has 0 spiro atoms. The third-order valence-corrected chi connectivity index (χ3v) is 4.83. The van der Waals surface area contributed by atoms with Crippen molar-refractivity contribution >= 4 is 11.9 Å². The van der Waals surface area contributed by atoms with Crippen LogP contribution < -0.4 is 10.2 Å². The fourth-order valence-electron chi connectivity index (χ4n) is 3.42. The van der Waals surface area contributed by atoms with E-state index in [1.165, 1.54) is 0 Å². The van der Waals surface area contributed by atoms with E-state index in [0.29, 0.717) is 6.54 Å². The number of benzene rings is 1. The van der Waals surface area contributed by atoms with Gasteiger partial charge in [-0.05, 0) is 40.5 Å². The van der Waals surface area contributed by atoms with Crippen molar-refractivity contribution in [3.8, 4) is 11.3 Å². The number of anilines is 1. The quantitative estimate of drug-likeness (QED) is 0.825. The van der Waals surface area contributed by atoms with Crippen molar-refractivity contribution in [1.82, 2.24) is 15.4 Å². The summed E-state index contributed by atoms with van der Waals surface area (Å²) in [5.41, 5.74) is 2.81. The molecule has 0 saturated carbocycles. The van der Waals surface area contributed by atoms with Crippen LogP contribution in [0.15, 0.2) is 34.9 Å². The molecule has 1 fully saturated rings. The molecule has 3 rings (SSSR count). The molecule has 1 aliphatic heterocycles. The summed E-state index contributed by atoms with van der Waals surface area (Å²) in [5.74, 6) is 0.800. The standard InChI is InChI=1S/C21H30N4O2/c1-15(2)22-21(26)25(16(3)4)14-18-19(17-10-6-5-7-11-17)23-27-20(18)24-12-8-9-13-24/h5-7,10-11,15-16H,8-9,12-14H2,1-4H3,(H,22,26). The van der Waals surface area contributed by atoms with Gasteiger partial charge in [-0.2, -0.15) is 0 Å². The van der Waals surface area contributed by atoms with Crippen LogP contribution in [0.1, 0.15) is 46.1 Å². The summed E-state index contributed by atoms with van der Waals surface area (Å²) in [6, 6.07) is 10.1. The number of urea groups is 1. The van der Waals surface area contributed by atoms with Crippen molar-refractivity contribution < 1.29 is 9.32 Å². The maximum atomic E-state index is 12.8. The third-order valence-electron chi connectivity index (χ3n) is 4.83. The van der Waals surface area contributed by atoms with E-state index in [4.69, 9.17) is 4.52 Å². The van der Waals surface area contributed by atoms with Crippen molar-refractivity contribution in [2.45, 2.75) is 59.2 Å². The zero-order valence-electron chi connectivity index (χ0n) is 16.7. The van der Waals surface area contributed by atoms with Gasteiger partial charge in [0.15, 0.2) is 0 Å². The highest BCUT2D eigenvalue weighted by molar-refractivity contribution is 5.76. The number of nitrogens with zero attached hydrogens (tertiary/aromatic N) is 3. The molecule has 0 radical (unpaired) electrons. The molecule has 1 aliphatic rings. The number of nitrogens with one attached hydrogen (secondary N) is 1. The molecule has 1 N–H and O–H groups in total. The molecule has 6 nitrogen and oxygen atoms in total. The van der Waals surface area contributed by atoms with Gasteiger partial charge in [-0.3, -0.25) is 0 Å². The predicted octanol–water partition coefficient (Wildman–Crippen LogP) is 4.27. The van der Waals surface area contributed by atoms with Gasteiger partial charge in [0.25, 0.3) is 0 Å². The second-order valence-corrected chi connectivity index (χ2v) is 7.70. The second kappa shape index (κ2) is 8.46. The Hall–Kier alpha value is -2.50. The molecule has 0 atom stereocenters. The van der Waals surface area contributed by atoms with Crippen molar-refractivity contribution in [3.05, 3.63) is 35.9 Å². The SMILES string of the molecule is CC(C)NC(=O)N(Cc1c(-c2ccccc2)noc1N1CCCC1)C(C)C. The van der Waals surface area contributed by atoms with Gasteiger partial charge in [-0.15, -0.1) is 0 Å². The molecular formula is C21H30N4O2. The van der Waals surface area contributed by atoms with Gasteiger partial charge >= 0.3 is 6.03 Å². The van der Waals surface area contributed by atoms with Gasteiger partial charge in [-0.25, -0.2) is 4.79 Å². The smallest absolute Gasteiger partial charge is 0.318 e. The summed E-state index contributed by atoms with van der Waals surface area (Å²) in [5, 5.41) is 7.40. The summed E-state index contributed by atoms with van der Waals surface area (Å²) in [4.78, 5) is 16.8. The zero-order chi connectivity index (χ0) is 19.4. The summed E-state index contributed by atoms with van der Waals surface area (Å²) >= 11 is 0. The molecule has 146 valence electrons. The fourth-order valence-corrected chi connectivity index (χ4v) is 3.42. The highest BCUT2D eigenvalue weighted by Gasteiger charge is 2.28. The van der Waals surface area contributed by atoms with E-state index in [-0.39, 0.29) is 18.1 Å². The Morgan fingerprint density at radius 3 is 2.44 bits per heavy atom. The van der Waals surface area contributed by atoms with Crippen LogP contribution >= 0.6 is 0 Å². The van der Waals surface area contributed by atoms with Crippen molar-refractivity contribution in [2.24, 2.45) is 0 Å². The molecule has 0 aliphatic carbocycles. The van der Waals surface area contributed by atoms with Gasteiger partial charge < -0.3 is 19.6 Å². The van der Waals surface area contributed by atoms with Crippen LogP contribution in [0.25, 0.3) is 11.3 Å². The zero-order valence-corrected chi connectivity index (χ0v) is 16.7. The summed E-state index contributed by atoms with van der Waals surface area (Å²) in [6.45, 7) is 10.4. The Bertz CT molecular complexity index is 749. The first kappa shape index (κ1) is 19.3. The van der Waals surface area contributed by atoms with E-state index in [0.717, 1.165) is 48.6 Å². The number of rotatable bonds is 6. The highest BCUT2D eigenvalue weighted by atomic mass is 16.5. The van der Waals surface area contributed by atoms with Crippen molar-refractivity contribution in [1.29, 1.82) is 0 Å². The lowest BCUT2D eigenvalue weighted by Gasteiger charge is -2.28. The van der Waals surface area contributed by atoms with Gasteiger partial charge in [0, 0.05) is 30.7 Å². The van der Waals surface area contributed by atoms with Crippen LogP contribution in [0.4, 0.5) is 10.7 Å². The number of carbonyl (C=O) groups is 1. The minimum atomic E-state index is -0.0624. The maximum Gasteiger partial charge on any atom is 0.318 e. The third kappa shape index (κ3) is 4.43. The molecule has 1 saturated heterocycles. The van der Waals surface area contributed by atoms with E-state index >= 15 is 0 Å². The molecule has 2 amide bonds. The number of amides is 2. The Balaban J connectivity index is 1.97. The first-order chi connectivity index (χ1) is 13.0. The van der Waals surface area contributed by atoms with Gasteiger partial charge in [0.1, 0.15) is 5.69 Å². The number of carbonyl (C=O) groups excluding carboxylic acids is 1. The van der Waals surface area contributed by atoms with E-state index in [9.17, 15) is 4.79 Å². The lowest BCUT2D eigenvalue weighted by Crippen LogP contribution is -2.46.